The number of esters is 1. The molecule has 32 heavy (non-hydrogen) atoms. The number of hydrogen-bond acceptors (Lipinski definition) is 4. The molecule has 0 radical (unpaired) electrons. The van der Waals surface area contributed by atoms with Crippen molar-refractivity contribution in [1.29, 1.82) is 0 Å². The predicted molar refractivity (Wildman–Crippen MR) is 121 cm³/mol. The zero-order valence-corrected chi connectivity index (χ0v) is 18.8. The minimum atomic E-state index is -0.499. The van der Waals surface area contributed by atoms with E-state index in [2.05, 4.69) is 10.1 Å². The molecule has 0 saturated heterocycles. The number of amides is 1. The van der Waals surface area contributed by atoms with E-state index >= 15 is 0 Å². The van der Waals surface area contributed by atoms with Crippen molar-refractivity contribution < 1.29 is 23.5 Å². The van der Waals surface area contributed by atoms with E-state index < -0.39 is 17.7 Å². The lowest BCUT2D eigenvalue weighted by molar-refractivity contribution is 0.0600. The first-order valence-corrected chi connectivity index (χ1v) is 10.4. The maximum absolute atomic E-state index is 14.0. The standard InChI is InChI=1S/C24H20Cl2FNO4/c1-14(15-3-5-16(6-4-15)24(30)31-2)28-23(29)20-11-18(25)9-10-22(20)32-13-17-7-8-19(26)12-21(17)27/h3-12,14H,13H2,1-2H3,(H,28,29)/t14-/m0/s1. The minimum Gasteiger partial charge on any atom is -0.488 e. The second-order valence-corrected chi connectivity index (χ2v) is 7.85. The maximum Gasteiger partial charge on any atom is 0.337 e. The van der Waals surface area contributed by atoms with Crippen LogP contribution < -0.4 is 10.1 Å². The zero-order chi connectivity index (χ0) is 23.3. The van der Waals surface area contributed by atoms with Gasteiger partial charge in [-0.1, -0.05) is 41.4 Å². The van der Waals surface area contributed by atoms with Crippen LogP contribution in [0.2, 0.25) is 10.0 Å². The average molecular weight is 476 g/mol. The lowest BCUT2D eigenvalue weighted by Gasteiger charge is -2.17. The van der Waals surface area contributed by atoms with E-state index in [1.165, 1.54) is 25.3 Å². The van der Waals surface area contributed by atoms with Gasteiger partial charge in [0.2, 0.25) is 0 Å². The fourth-order valence-electron chi connectivity index (χ4n) is 2.98. The molecule has 0 spiro atoms. The number of methoxy groups -OCH3 is 1. The van der Waals surface area contributed by atoms with Crippen molar-refractivity contribution in [2.45, 2.75) is 19.6 Å². The van der Waals surface area contributed by atoms with Crippen molar-refractivity contribution in [2.75, 3.05) is 7.11 Å². The summed E-state index contributed by atoms with van der Waals surface area (Å²) < 4.78 is 24.4. The summed E-state index contributed by atoms with van der Waals surface area (Å²) in [5.74, 6) is -1.09. The summed E-state index contributed by atoms with van der Waals surface area (Å²) in [5.41, 5.74) is 1.72. The molecule has 0 aliphatic rings. The SMILES string of the molecule is COC(=O)c1ccc([C@H](C)NC(=O)c2cc(Cl)ccc2OCc2ccc(Cl)cc2F)cc1. The normalized spacial score (nSPS) is 11.5. The molecular formula is C24H20Cl2FNO4. The van der Waals surface area contributed by atoms with Crippen LogP contribution in [0.3, 0.4) is 0 Å². The van der Waals surface area contributed by atoms with Crippen LogP contribution in [0.4, 0.5) is 4.39 Å². The quantitative estimate of drug-likeness (QED) is 0.426. The van der Waals surface area contributed by atoms with E-state index in [1.54, 1.807) is 49.4 Å². The molecule has 3 rings (SSSR count). The van der Waals surface area contributed by atoms with Gasteiger partial charge in [0.1, 0.15) is 18.2 Å². The van der Waals surface area contributed by atoms with Gasteiger partial charge in [-0.05, 0) is 55.0 Å². The molecule has 3 aromatic rings. The molecule has 0 fully saturated rings. The first kappa shape index (κ1) is 23.6. The summed E-state index contributed by atoms with van der Waals surface area (Å²) in [5, 5.41) is 3.51. The molecule has 5 nitrogen and oxygen atoms in total. The predicted octanol–water partition coefficient (Wildman–Crippen LogP) is 5.99. The van der Waals surface area contributed by atoms with Crippen molar-refractivity contribution in [3.63, 3.8) is 0 Å². The smallest absolute Gasteiger partial charge is 0.337 e. The highest BCUT2D eigenvalue weighted by molar-refractivity contribution is 6.31. The molecule has 1 atom stereocenters. The number of halogens is 3. The molecule has 0 aliphatic carbocycles. The summed E-state index contributed by atoms with van der Waals surface area (Å²) in [6.07, 6.45) is 0. The fourth-order valence-corrected chi connectivity index (χ4v) is 3.31. The van der Waals surface area contributed by atoms with Crippen LogP contribution in [-0.2, 0) is 11.3 Å². The summed E-state index contributed by atoms with van der Waals surface area (Å²) in [6.45, 7) is 1.72. The number of benzene rings is 3. The molecule has 3 aromatic carbocycles. The lowest BCUT2D eigenvalue weighted by atomic mass is 10.1. The number of carbonyl (C=O) groups is 2. The molecular weight excluding hydrogens is 456 g/mol. The van der Waals surface area contributed by atoms with Crippen molar-refractivity contribution in [3.8, 4) is 5.75 Å². The molecule has 0 unspecified atom stereocenters. The van der Waals surface area contributed by atoms with Crippen LogP contribution in [0.1, 0.15) is 44.8 Å². The third kappa shape index (κ3) is 5.78. The third-order valence-electron chi connectivity index (χ3n) is 4.76. The number of nitrogens with one attached hydrogen (secondary N) is 1. The van der Waals surface area contributed by atoms with E-state index in [0.29, 0.717) is 16.1 Å². The van der Waals surface area contributed by atoms with Crippen molar-refractivity contribution in [3.05, 3.63) is 98.8 Å². The molecule has 0 aliphatic heterocycles. The van der Waals surface area contributed by atoms with E-state index in [4.69, 9.17) is 27.9 Å². The summed E-state index contributed by atoms with van der Waals surface area (Å²) in [6, 6.07) is 15.2. The Bertz CT molecular complexity index is 1140. The topological polar surface area (TPSA) is 64.6 Å². The van der Waals surface area contributed by atoms with Crippen LogP contribution in [0, 0.1) is 5.82 Å². The molecule has 1 N–H and O–H groups in total. The number of rotatable bonds is 7. The van der Waals surface area contributed by atoms with Crippen LogP contribution in [0.25, 0.3) is 0 Å². The highest BCUT2D eigenvalue weighted by atomic mass is 35.5. The van der Waals surface area contributed by atoms with Crippen LogP contribution >= 0.6 is 23.2 Å². The molecule has 0 heterocycles. The van der Waals surface area contributed by atoms with Crippen LogP contribution in [0.15, 0.2) is 60.7 Å². The van der Waals surface area contributed by atoms with E-state index in [9.17, 15) is 14.0 Å². The van der Waals surface area contributed by atoms with Gasteiger partial charge >= 0.3 is 5.97 Å². The Balaban J connectivity index is 1.74. The Kier molecular flexibility index (Phi) is 7.72. The van der Waals surface area contributed by atoms with E-state index in [0.717, 1.165) is 5.56 Å². The van der Waals surface area contributed by atoms with Crippen LogP contribution in [0.5, 0.6) is 5.75 Å². The lowest BCUT2D eigenvalue weighted by Crippen LogP contribution is -2.27. The number of hydrogen-bond donors (Lipinski definition) is 1. The Hall–Kier alpha value is -3.09. The second kappa shape index (κ2) is 10.5. The van der Waals surface area contributed by atoms with Gasteiger partial charge in [-0.2, -0.15) is 0 Å². The minimum absolute atomic E-state index is 0.0878. The van der Waals surface area contributed by atoms with Gasteiger partial charge in [-0.15, -0.1) is 0 Å². The van der Waals surface area contributed by atoms with E-state index in [1.807, 2.05) is 0 Å². The van der Waals surface area contributed by atoms with Crippen LogP contribution in [-0.4, -0.2) is 19.0 Å². The van der Waals surface area contributed by atoms with Gasteiger partial charge in [-0.25, -0.2) is 9.18 Å². The van der Waals surface area contributed by atoms with Gasteiger partial charge in [0.25, 0.3) is 5.91 Å². The monoisotopic (exact) mass is 475 g/mol. The average Bonchev–Trinajstić information content (AvgIpc) is 2.78. The fraction of sp³-hybridized carbons (Fsp3) is 0.167. The molecule has 8 heteroatoms. The van der Waals surface area contributed by atoms with Crippen molar-refractivity contribution in [1.82, 2.24) is 5.32 Å². The molecule has 0 bridgehead atoms. The van der Waals surface area contributed by atoms with Gasteiger partial charge < -0.3 is 14.8 Å². The van der Waals surface area contributed by atoms with Crippen molar-refractivity contribution in [2.24, 2.45) is 0 Å². The highest BCUT2D eigenvalue weighted by Crippen LogP contribution is 2.26. The van der Waals surface area contributed by atoms with E-state index in [-0.39, 0.29) is 29.0 Å². The largest absolute Gasteiger partial charge is 0.488 e. The summed E-state index contributed by atoms with van der Waals surface area (Å²) in [4.78, 5) is 24.5. The second-order valence-electron chi connectivity index (χ2n) is 6.97. The number of carbonyl (C=O) groups excluding carboxylic acids is 2. The molecule has 0 aromatic heterocycles. The Labute approximate surface area is 195 Å². The van der Waals surface area contributed by atoms with Gasteiger partial charge in [0.15, 0.2) is 0 Å². The molecule has 0 saturated carbocycles. The molecule has 166 valence electrons. The zero-order valence-electron chi connectivity index (χ0n) is 17.3. The number of ether oxygens (including phenoxy) is 2. The third-order valence-corrected chi connectivity index (χ3v) is 5.23. The highest BCUT2D eigenvalue weighted by Gasteiger charge is 2.18. The van der Waals surface area contributed by atoms with Gasteiger partial charge in [0, 0.05) is 15.6 Å². The van der Waals surface area contributed by atoms with Crippen molar-refractivity contribution >= 4 is 35.1 Å². The Morgan fingerprint density at radius 2 is 1.66 bits per heavy atom. The van der Waals surface area contributed by atoms with Gasteiger partial charge in [0.05, 0.1) is 24.3 Å². The summed E-state index contributed by atoms with van der Waals surface area (Å²) >= 11 is 11.9. The first-order chi connectivity index (χ1) is 15.3. The van der Waals surface area contributed by atoms with Gasteiger partial charge in [-0.3, -0.25) is 4.79 Å². The Morgan fingerprint density at radius 3 is 2.31 bits per heavy atom. The Morgan fingerprint density at radius 1 is 1.00 bits per heavy atom. The first-order valence-electron chi connectivity index (χ1n) is 9.64. The summed E-state index contributed by atoms with van der Waals surface area (Å²) in [7, 11) is 1.31. The molecule has 1 amide bonds. The maximum atomic E-state index is 14.0.